The number of carbonyl (C=O) groups is 1. The summed E-state index contributed by atoms with van der Waals surface area (Å²) in [5.74, 6) is 2.53. The number of hydrogen-bond acceptors (Lipinski definition) is 2. The van der Waals surface area contributed by atoms with E-state index in [1.807, 2.05) is 12.1 Å². The second-order valence-electron chi connectivity index (χ2n) is 5.42. The Morgan fingerprint density at radius 1 is 1.29 bits per heavy atom. The van der Waals surface area contributed by atoms with E-state index in [-0.39, 0.29) is 5.91 Å². The minimum atomic E-state index is 0.161. The van der Waals surface area contributed by atoms with Crippen LogP contribution in [-0.4, -0.2) is 10.9 Å². The first kappa shape index (κ1) is 10.8. The minimum Gasteiger partial charge on any atom is -0.326 e. The number of nitrogens with zero attached hydrogens (tertiary/aromatic N) is 1. The molecule has 1 N–H and O–H groups in total. The molecular formula is C14H18N2O. The van der Waals surface area contributed by atoms with E-state index in [0.717, 1.165) is 17.5 Å². The first-order chi connectivity index (χ1) is 8.31. The average Bonchev–Trinajstić information content (AvgIpc) is 2.92. The van der Waals surface area contributed by atoms with E-state index in [4.69, 9.17) is 0 Å². The lowest BCUT2D eigenvalue weighted by molar-refractivity contribution is -0.117. The van der Waals surface area contributed by atoms with Crippen molar-refractivity contribution in [1.82, 2.24) is 4.98 Å². The van der Waals surface area contributed by atoms with Crippen molar-refractivity contribution in [2.75, 3.05) is 5.32 Å². The van der Waals surface area contributed by atoms with Crippen molar-refractivity contribution >= 4 is 11.6 Å². The second kappa shape index (κ2) is 4.47. The molecule has 0 radical (unpaired) electrons. The number of nitrogens with one attached hydrogen (secondary N) is 1. The molecule has 0 spiro atoms. The molecule has 90 valence electrons. The summed E-state index contributed by atoms with van der Waals surface area (Å²) < 4.78 is 0. The number of amides is 1. The van der Waals surface area contributed by atoms with E-state index in [1.54, 1.807) is 12.4 Å². The van der Waals surface area contributed by atoms with Crippen LogP contribution in [0, 0.1) is 17.8 Å². The highest BCUT2D eigenvalue weighted by Gasteiger charge is 2.39. The number of carbonyl (C=O) groups excluding carboxylic acids is 1. The first-order valence-corrected chi connectivity index (χ1v) is 6.51. The molecule has 1 heterocycles. The van der Waals surface area contributed by atoms with Gasteiger partial charge in [-0.3, -0.25) is 9.78 Å². The van der Waals surface area contributed by atoms with Crippen LogP contribution >= 0.6 is 0 Å². The second-order valence-corrected chi connectivity index (χ2v) is 5.42. The monoisotopic (exact) mass is 230 g/mol. The third-order valence-corrected chi connectivity index (χ3v) is 4.30. The summed E-state index contributed by atoms with van der Waals surface area (Å²) in [4.78, 5) is 15.8. The predicted molar refractivity (Wildman–Crippen MR) is 66.4 cm³/mol. The molecule has 1 amide bonds. The molecule has 3 rings (SSSR count). The van der Waals surface area contributed by atoms with Crippen molar-refractivity contribution in [2.45, 2.75) is 32.1 Å². The van der Waals surface area contributed by atoms with E-state index in [2.05, 4.69) is 10.3 Å². The molecule has 1 aromatic heterocycles. The van der Waals surface area contributed by atoms with Crippen LogP contribution in [0.4, 0.5) is 5.69 Å². The summed E-state index contributed by atoms with van der Waals surface area (Å²) in [7, 11) is 0. The van der Waals surface area contributed by atoms with Crippen molar-refractivity contribution < 1.29 is 4.79 Å². The van der Waals surface area contributed by atoms with Crippen LogP contribution in [0.1, 0.15) is 32.1 Å². The lowest BCUT2D eigenvalue weighted by Gasteiger charge is -2.20. The van der Waals surface area contributed by atoms with Crippen molar-refractivity contribution in [3.63, 3.8) is 0 Å². The number of rotatable bonds is 3. The predicted octanol–water partition coefficient (Wildman–Crippen LogP) is 2.85. The van der Waals surface area contributed by atoms with Gasteiger partial charge in [-0.25, -0.2) is 0 Å². The van der Waals surface area contributed by atoms with E-state index in [9.17, 15) is 4.79 Å². The summed E-state index contributed by atoms with van der Waals surface area (Å²) in [6.07, 6.45) is 9.48. The fourth-order valence-electron chi connectivity index (χ4n) is 3.51. The van der Waals surface area contributed by atoms with Gasteiger partial charge in [-0.2, -0.15) is 0 Å². The fourth-order valence-corrected chi connectivity index (χ4v) is 3.51. The molecule has 2 saturated carbocycles. The molecule has 2 aliphatic carbocycles. The van der Waals surface area contributed by atoms with Gasteiger partial charge in [0.1, 0.15) is 0 Å². The summed E-state index contributed by atoms with van der Waals surface area (Å²) >= 11 is 0. The number of fused-ring (bicyclic) bond motifs is 2. The molecule has 3 nitrogen and oxygen atoms in total. The Kier molecular flexibility index (Phi) is 2.83. The van der Waals surface area contributed by atoms with Gasteiger partial charge < -0.3 is 5.32 Å². The quantitative estimate of drug-likeness (QED) is 0.867. The highest BCUT2D eigenvalue weighted by Crippen LogP contribution is 2.49. The molecule has 3 atom stereocenters. The molecule has 2 bridgehead atoms. The molecule has 3 heteroatoms. The lowest BCUT2D eigenvalue weighted by Crippen LogP contribution is -2.20. The fraction of sp³-hybridized carbons (Fsp3) is 0.571. The summed E-state index contributed by atoms with van der Waals surface area (Å²) in [5, 5.41) is 2.95. The van der Waals surface area contributed by atoms with Crippen molar-refractivity contribution in [2.24, 2.45) is 17.8 Å². The third-order valence-electron chi connectivity index (χ3n) is 4.30. The normalized spacial score (nSPS) is 30.5. The van der Waals surface area contributed by atoms with Gasteiger partial charge >= 0.3 is 0 Å². The Hall–Kier alpha value is -1.38. The number of aromatic nitrogens is 1. The van der Waals surface area contributed by atoms with Crippen LogP contribution in [0.5, 0.6) is 0 Å². The van der Waals surface area contributed by atoms with E-state index < -0.39 is 0 Å². The van der Waals surface area contributed by atoms with Crippen molar-refractivity contribution in [3.8, 4) is 0 Å². The highest BCUT2D eigenvalue weighted by molar-refractivity contribution is 5.90. The number of hydrogen-bond donors (Lipinski definition) is 1. The van der Waals surface area contributed by atoms with Gasteiger partial charge in [0.05, 0.1) is 0 Å². The molecular weight excluding hydrogens is 212 g/mol. The summed E-state index contributed by atoms with van der Waals surface area (Å²) in [6, 6.07) is 3.66. The summed E-state index contributed by atoms with van der Waals surface area (Å²) in [5.41, 5.74) is 0.855. The largest absolute Gasteiger partial charge is 0.326 e. The molecule has 3 unspecified atom stereocenters. The maximum Gasteiger partial charge on any atom is 0.224 e. The Bertz CT molecular complexity index is 404. The molecule has 0 saturated heterocycles. The molecule has 2 fully saturated rings. The van der Waals surface area contributed by atoms with Crippen LogP contribution in [0.15, 0.2) is 24.5 Å². The SMILES string of the molecule is O=C(CC1CC2CCC1C2)Nc1ccncc1. The maximum atomic E-state index is 11.9. The maximum absolute atomic E-state index is 11.9. The standard InChI is InChI=1S/C14H18N2O/c17-14(16-13-3-5-15-6-4-13)9-12-8-10-1-2-11(12)7-10/h3-6,10-12H,1-2,7-9H2,(H,15,16,17). The highest BCUT2D eigenvalue weighted by atomic mass is 16.1. The van der Waals surface area contributed by atoms with Crippen LogP contribution < -0.4 is 5.32 Å². The zero-order chi connectivity index (χ0) is 11.7. The van der Waals surface area contributed by atoms with E-state index >= 15 is 0 Å². The zero-order valence-electron chi connectivity index (χ0n) is 9.93. The number of pyridine rings is 1. The Balaban J connectivity index is 1.54. The van der Waals surface area contributed by atoms with Gasteiger partial charge in [0.25, 0.3) is 0 Å². The van der Waals surface area contributed by atoms with Crippen molar-refractivity contribution in [1.29, 1.82) is 0 Å². The van der Waals surface area contributed by atoms with Crippen LogP contribution in [-0.2, 0) is 4.79 Å². The Labute approximate surface area is 102 Å². The van der Waals surface area contributed by atoms with Crippen LogP contribution in [0.25, 0.3) is 0 Å². The van der Waals surface area contributed by atoms with Gasteiger partial charge in [-0.05, 0) is 49.1 Å². The molecule has 2 aliphatic rings. The van der Waals surface area contributed by atoms with Gasteiger partial charge in [-0.15, -0.1) is 0 Å². The topological polar surface area (TPSA) is 42.0 Å². The van der Waals surface area contributed by atoms with E-state index in [0.29, 0.717) is 12.3 Å². The average molecular weight is 230 g/mol. The van der Waals surface area contributed by atoms with Gasteiger partial charge in [0, 0.05) is 24.5 Å². The molecule has 17 heavy (non-hydrogen) atoms. The Morgan fingerprint density at radius 3 is 2.76 bits per heavy atom. The smallest absolute Gasteiger partial charge is 0.224 e. The molecule has 1 aromatic rings. The number of anilines is 1. The van der Waals surface area contributed by atoms with Crippen LogP contribution in [0.3, 0.4) is 0 Å². The Morgan fingerprint density at radius 2 is 2.12 bits per heavy atom. The molecule has 0 aliphatic heterocycles. The van der Waals surface area contributed by atoms with Crippen LogP contribution in [0.2, 0.25) is 0 Å². The molecule has 0 aromatic carbocycles. The van der Waals surface area contributed by atoms with Gasteiger partial charge in [0.15, 0.2) is 0 Å². The van der Waals surface area contributed by atoms with E-state index in [1.165, 1.54) is 25.7 Å². The third kappa shape index (κ3) is 2.33. The summed E-state index contributed by atoms with van der Waals surface area (Å²) in [6.45, 7) is 0. The van der Waals surface area contributed by atoms with Crippen molar-refractivity contribution in [3.05, 3.63) is 24.5 Å². The van der Waals surface area contributed by atoms with Gasteiger partial charge in [0.2, 0.25) is 5.91 Å². The lowest BCUT2D eigenvalue weighted by atomic mass is 9.86. The first-order valence-electron chi connectivity index (χ1n) is 6.51. The zero-order valence-corrected chi connectivity index (χ0v) is 9.93. The van der Waals surface area contributed by atoms with Gasteiger partial charge in [-0.1, -0.05) is 6.42 Å². The minimum absolute atomic E-state index is 0.161.